The Kier molecular flexibility index (Phi) is 4.50. The van der Waals surface area contributed by atoms with Crippen LogP contribution in [0.5, 0.6) is 5.88 Å². The number of hydrogen-bond donors (Lipinski definition) is 1. The van der Waals surface area contributed by atoms with E-state index in [1.165, 1.54) is 20.0 Å². The third-order valence-corrected chi connectivity index (χ3v) is 3.80. The van der Waals surface area contributed by atoms with Crippen LogP contribution in [0.4, 0.5) is 11.4 Å². The molecule has 0 fully saturated rings. The van der Waals surface area contributed by atoms with Gasteiger partial charge in [0.05, 0.1) is 15.7 Å². The van der Waals surface area contributed by atoms with Crippen molar-refractivity contribution in [2.24, 2.45) is 17.3 Å². The molecule has 1 N–H and O–H groups in total. The lowest BCUT2D eigenvalue weighted by Gasteiger charge is -2.08. The Labute approximate surface area is 135 Å². The molecule has 0 amide bonds. The van der Waals surface area contributed by atoms with E-state index in [-0.39, 0.29) is 22.7 Å². The van der Waals surface area contributed by atoms with Crippen LogP contribution < -0.4 is 5.56 Å². The predicted octanol–water partition coefficient (Wildman–Crippen LogP) is 3.99. The van der Waals surface area contributed by atoms with Crippen molar-refractivity contribution >= 4 is 34.6 Å². The number of hydrogen-bond acceptors (Lipinski definition) is 5. The standard InChI is InChI=1S/C14H10Cl2N4O2/c1-7-9(6-17)13(21)20(2)14(22)12(7)19-18-8-3-4-10(15)11(16)5-8/h3-5,22H,1-2H3. The van der Waals surface area contributed by atoms with Gasteiger partial charge in [-0.3, -0.25) is 9.36 Å². The number of nitriles is 1. The molecule has 0 bridgehead atoms. The predicted molar refractivity (Wildman–Crippen MR) is 83.4 cm³/mol. The summed E-state index contributed by atoms with van der Waals surface area (Å²) in [6, 6.07) is 6.47. The molecule has 112 valence electrons. The van der Waals surface area contributed by atoms with Crippen LogP contribution in [-0.4, -0.2) is 9.67 Å². The highest BCUT2D eigenvalue weighted by Gasteiger charge is 2.16. The van der Waals surface area contributed by atoms with Gasteiger partial charge < -0.3 is 5.11 Å². The SMILES string of the molecule is Cc1c(N=Nc2ccc(Cl)c(Cl)c2)c(O)n(C)c(=O)c1C#N. The lowest BCUT2D eigenvalue weighted by molar-refractivity contribution is 0.424. The first-order valence-electron chi connectivity index (χ1n) is 6.06. The third-order valence-electron chi connectivity index (χ3n) is 3.06. The lowest BCUT2D eigenvalue weighted by Crippen LogP contribution is -2.20. The molecule has 0 aliphatic rings. The highest BCUT2D eigenvalue weighted by Crippen LogP contribution is 2.32. The molecule has 8 heteroatoms. The van der Waals surface area contributed by atoms with Crippen molar-refractivity contribution in [3.05, 3.63) is 49.7 Å². The second-order valence-electron chi connectivity index (χ2n) is 4.45. The summed E-state index contributed by atoms with van der Waals surface area (Å²) in [5, 5.41) is 27.6. The van der Waals surface area contributed by atoms with Crippen molar-refractivity contribution < 1.29 is 5.11 Å². The summed E-state index contributed by atoms with van der Waals surface area (Å²) in [7, 11) is 1.34. The van der Waals surface area contributed by atoms with Crippen molar-refractivity contribution in [1.29, 1.82) is 5.26 Å². The Hall–Kier alpha value is -2.36. The minimum Gasteiger partial charge on any atom is -0.493 e. The maximum Gasteiger partial charge on any atom is 0.271 e. The number of aromatic nitrogens is 1. The molecule has 0 aliphatic heterocycles. The summed E-state index contributed by atoms with van der Waals surface area (Å²) in [5.41, 5.74) is 0.0339. The van der Waals surface area contributed by atoms with Crippen LogP contribution in [-0.2, 0) is 7.05 Å². The number of halogens is 2. The molecule has 0 aliphatic carbocycles. The molecule has 0 saturated carbocycles. The fourth-order valence-corrected chi connectivity index (χ4v) is 2.07. The van der Waals surface area contributed by atoms with Gasteiger partial charge in [-0.15, -0.1) is 5.11 Å². The smallest absolute Gasteiger partial charge is 0.271 e. The third kappa shape index (κ3) is 2.82. The molecule has 0 atom stereocenters. The van der Waals surface area contributed by atoms with Crippen molar-refractivity contribution in [2.75, 3.05) is 0 Å². The van der Waals surface area contributed by atoms with Gasteiger partial charge in [0, 0.05) is 12.6 Å². The van der Waals surface area contributed by atoms with E-state index in [2.05, 4.69) is 10.2 Å². The maximum atomic E-state index is 11.8. The zero-order chi connectivity index (χ0) is 16.4. The Morgan fingerprint density at radius 3 is 2.55 bits per heavy atom. The normalized spacial score (nSPS) is 10.9. The zero-order valence-corrected chi connectivity index (χ0v) is 13.1. The van der Waals surface area contributed by atoms with Crippen molar-refractivity contribution in [3.8, 4) is 11.9 Å². The minimum atomic E-state index is -0.592. The zero-order valence-electron chi connectivity index (χ0n) is 11.6. The summed E-state index contributed by atoms with van der Waals surface area (Å²) >= 11 is 11.7. The van der Waals surface area contributed by atoms with Crippen molar-refractivity contribution in [1.82, 2.24) is 4.57 Å². The van der Waals surface area contributed by atoms with Crippen LogP contribution in [0.15, 0.2) is 33.2 Å². The Balaban J connectivity index is 2.56. The highest BCUT2D eigenvalue weighted by atomic mass is 35.5. The molecule has 2 aromatic rings. The van der Waals surface area contributed by atoms with Crippen LogP contribution in [0.25, 0.3) is 0 Å². The Morgan fingerprint density at radius 2 is 1.95 bits per heavy atom. The second-order valence-corrected chi connectivity index (χ2v) is 5.26. The van der Waals surface area contributed by atoms with Crippen LogP contribution >= 0.6 is 23.2 Å². The van der Waals surface area contributed by atoms with Crippen molar-refractivity contribution in [3.63, 3.8) is 0 Å². The summed E-state index contributed by atoms with van der Waals surface area (Å²) in [6.07, 6.45) is 0. The molecule has 0 radical (unpaired) electrons. The maximum absolute atomic E-state index is 11.8. The lowest BCUT2D eigenvalue weighted by atomic mass is 10.1. The van der Waals surface area contributed by atoms with Gasteiger partial charge in [-0.25, -0.2) is 0 Å². The second kappa shape index (κ2) is 6.18. The molecular formula is C14H10Cl2N4O2. The molecule has 1 heterocycles. The van der Waals surface area contributed by atoms with Gasteiger partial charge in [0.25, 0.3) is 5.56 Å². The van der Waals surface area contributed by atoms with E-state index in [1.54, 1.807) is 18.2 Å². The molecule has 6 nitrogen and oxygen atoms in total. The first kappa shape index (κ1) is 16.0. The van der Waals surface area contributed by atoms with Gasteiger partial charge in [-0.05, 0) is 25.1 Å². The van der Waals surface area contributed by atoms with Crippen LogP contribution in [0.1, 0.15) is 11.1 Å². The topological polar surface area (TPSA) is 90.7 Å². The van der Waals surface area contributed by atoms with Gasteiger partial charge in [-0.2, -0.15) is 10.4 Å². The monoisotopic (exact) mass is 336 g/mol. The van der Waals surface area contributed by atoms with E-state index in [9.17, 15) is 9.90 Å². The largest absolute Gasteiger partial charge is 0.493 e. The molecular weight excluding hydrogens is 327 g/mol. The summed E-state index contributed by atoms with van der Waals surface area (Å²) < 4.78 is 0.939. The quantitative estimate of drug-likeness (QED) is 0.840. The van der Waals surface area contributed by atoms with E-state index < -0.39 is 5.56 Å². The van der Waals surface area contributed by atoms with Crippen molar-refractivity contribution in [2.45, 2.75) is 6.92 Å². The first-order valence-corrected chi connectivity index (χ1v) is 6.81. The highest BCUT2D eigenvalue weighted by molar-refractivity contribution is 6.42. The van der Waals surface area contributed by atoms with E-state index in [0.29, 0.717) is 15.7 Å². The van der Waals surface area contributed by atoms with Gasteiger partial charge >= 0.3 is 0 Å². The molecule has 22 heavy (non-hydrogen) atoms. The Morgan fingerprint density at radius 1 is 1.27 bits per heavy atom. The fraction of sp³-hybridized carbons (Fsp3) is 0.143. The van der Waals surface area contributed by atoms with Gasteiger partial charge in [0.15, 0.2) is 5.69 Å². The average Bonchev–Trinajstić information content (AvgIpc) is 2.49. The van der Waals surface area contributed by atoms with E-state index in [1.807, 2.05) is 0 Å². The summed E-state index contributed by atoms with van der Waals surface area (Å²) in [6.45, 7) is 1.52. The van der Waals surface area contributed by atoms with Gasteiger partial charge in [0.2, 0.25) is 5.88 Å². The summed E-state index contributed by atoms with van der Waals surface area (Å²) in [5.74, 6) is -0.370. The molecule has 0 saturated heterocycles. The first-order chi connectivity index (χ1) is 10.4. The molecule has 1 aromatic carbocycles. The van der Waals surface area contributed by atoms with Gasteiger partial charge in [0.1, 0.15) is 11.6 Å². The van der Waals surface area contributed by atoms with E-state index in [0.717, 1.165) is 4.57 Å². The molecule has 0 unspecified atom stereocenters. The van der Waals surface area contributed by atoms with Gasteiger partial charge in [-0.1, -0.05) is 23.2 Å². The number of azo groups is 1. The Bertz CT molecular complexity index is 882. The number of nitrogens with zero attached hydrogens (tertiary/aromatic N) is 4. The van der Waals surface area contributed by atoms with Crippen LogP contribution in [0.2, 0.25) is 10.0 Å². The minimum absolute atomic E-state index is 0.0460. The number of aromatic hydroxyl groups is 1. The average molecular weight is 337 g/mol. The molecule has 1 aromatic heterocycles. The summed E-state index contributed by atoms with van der Waals surface area (Å²) in [4.78, 5) is 11.8. The number of pyridine rings is 1. The van der Waals surface area contributed by atoms with E-state index >= 15 is 0 Å². The van der Waals surface area contributed by atoms with E-state index in [4.69, 9.17) is 28.5 Å². The number of benzene rings is 1. The van der Waals surface area contributed by atoms with Crippen LogP contribution in [0, 0.1) is 18.3 Å². The number of rotatable bonds is 2. The molecule has 2 rings (SSSR count). The van der Waals surface area contributed by atoms with Crippen LogP contribution in [0.3, 0.4) is 0 Å². The fourth-order valence-electron chi connectivity index (χ4n) is 1.78. The molecule has 0 spiro atoms.